The number of carbonyl (C=O) groups is 2. The van der Waals surface area contributed by atoms with Crippen LogP contribution in [0.3, 0.4) is 0 Å². The lowest BCUT2D eigenvalue weighted by Gasteiger charge is -2.06. The van der Waals surface area contributed by atoms with Crippen LogP contribution in [0.5, 0.6) is 0 Å². The van der Waals surface area contributed by atoms with Gasteiger partial charge in [-0.25, -0.2) is 0 Å². The van der Waals surface area contributed by atoms with E-state index >= 15 is 0 Å². The van der Waals surface area contributed by atoms with E-state index in [0.29, 0.717) is 4.88 Å². The number of amides is 2. The van der Waals surface area contributed by atoms with Crippen LogP contribution in [0.1, 0.15) is 9.67 Å². The summed E-state index contributed by atoms with van der Waals surface area (Å²) in [6.07, 6.45) is 0. The molecule has 2 amide bonds. The molecule has 19 heavy (non-hydrogen) atoms. The van der Waals surface area contributed by atoms with E-state index in [1.54, 1.807) is 12.1 Å². The zero-order valence-corrected chi connectivity index (χ0v) is 12.8. The molecule has 1 heterocycles. The molecule has 0 radical (unpaired) electrons. The van der Waals surface area contributed by atoms with Crippen molar-refractivity contribution in [1.82, 2.24) is 5.32 Å². The first kappa shape index (κ1) is 14.0. The molecule has 1 aromatic heterocycles. The average Bonchev–Trinajstić information content (AvgIpc) is 2.93. The van der Waals surface area contributed by atoms with E-state index in [4.69, 9.17) is 0 Å². The quantitative estimate of drug-likeness (QED) is 0.794. The van der Waals surface area contributed by atoms with Crippen molar-refractivity contribution in [2.45, 2.75) is 0 Å². The number of nitrogens with one attached hydrogen (secondary N) is 2. The molecule has 2 N–H and O–H groups in total. The van der Waals surface area contributed by atoms with Crippen molar-refractivity contribution in [2.75, 3.05) is 11.9 Å². The van der Waals surface area contributed by atoms with Crippen LogP contribution in [0.4, 0.5) is 5.69 Å². The summed E-state index contributed by atoms with van der Waals surface area (Å²) in [5.74, 6) is -0.473. The molecular weight excluding hydrogens is 375 g/mol. The van der Waals surface area contributed by atoms with E-state index in [-0.39, 0.29) is 18.4 Å². The predicted molar refractivity (Wildman–Crippen MR) is 84.4 cm³/mol. The Morgan fingerprint density at radius 3 is 2.53 bits per heavy atom. The topological polar surface area (TPSA) is 58.2 Å². The standard InChI is InChI=1S/C13H11IN2O2S/c14-9-3-5-10(6-4-9)16-12(17)8-15-13(18)11-2-1-7-19-11/h1-7H,8H2,(H,15,18)(H,16,17). The first-order valence-corrected chi connectivity index (χ1v) is 7.48. The van der Waals surface area contributed by atoms with Crippen LogP contribution in [-0.4, -0.2) is 18.4 Å². The smallest absolute Gasteiger partial charge is 0.261 e. The van der Waals surface area contributed by atoms with Gasteiger partial charge < -0.3 is 10.6 Å². The summed E-state index contributed by atoms with van der Waals surface area (Å²) in [5, 5.41) is 7.11. The maximum absolute atomic E-state index is 11.6. The van der Waals surface area contributed by atoms with E-state index < -0.39 is 0 Å². The van der Waals surface area contributed by atoms with Gasteiger partial charge in [-0.15, -0.1) is 11.3 Å². The van der Waals surface area contributed by atoms with Gasteiger partial charge in [0.15, 0.2) is 0 Å². The lowest BCUT2D eigenvalue weighted by Crippen LogP contribution is -2.32. The Balaban J connectivity index is 1.82. The van der Waals surface area contributed by atoms with Crippen molar-refractivity contribution < 1.29 is 9.59 Å². The fourth-order valence-electron chi connectivity index (χ4n) is 1.39. The number of benzene rings is 1. The molecule has 2 rings (SSSR count). The van der Waals surface area contributed by atoms with Gasteiger partial charge in [-0.2, -0.15) is 0 Å². The highest BCUT2D eigenvalue weighted by Gasteiger charge is 2.08. The number of thiophene rings is 1. The Labute approximate surface area is 128 Å². The first-order chi connectivity index (χ1) is 9.15. The minimum atomic E-state index is -0.244. The molecule has 0 saturated heterocycles. The van der Waals surface area contributed by atoms with Crippen molar-refractivity contribution >= 4 is 51.4 Å². The van der Waals surface area contributed by atoms with Crippen LogP contribution >= 0.6 is 33.9 Å². The molecule has 0 aliphatic heterocycles. The fraction of sp³-hybridized carbons (Fsp3) is 0.0769. The molecule has 0 bridgehead atoms. The maximum Gasteiger partial charge on any atom is 0.261 e. The van der Waals surface area contributed by atoms with Crippen molar-refractivity contribution in [2.24, 2.45) is 0 Å². The highest BCUT2D eigenvalue weighted by Crippen LogP contribution is 2.11. The van der Waals surface area contributed by atoms with Crippen molar-refractivity contribution in [3.05, 3.63) is 50.2 Å². The number of halogens is 1. The van der Waals surface area contributed by atoms with Crippen LogP contribution < -0.4 is 10.6 Å². The molecule has 4 nitrogen and oxygen atoms in total. The second kappa shape index (κ2) is 6.67. The minimum absolute atomic E-state index is 0.0390. The normalized spacial score (nSPS) is 9.95. The molecule has 0 spiro atoms. The Bertz CT molecular complexity index is 567. The largest absolute Gasteiger partial charge is 0.342 e. The summed E-state index contributed by atoms with van der Waals surface area (Å²) in [5.41, 5.74) is 0.718. The van der Waals surface area contributed by atoms with Gasteiger partial charge in [-0.05, 0) is 58.3 Å². The third kappa shape index (κ3) is 4.32. The molecule has 0 fully saturated rings. The molecule has 0 unspecified atom stereocenters. The third-order valence-electron chi connectivity index (χ3n) is 2.28. The lowest BCUT2D eigenvalue weighted by molar-refractivity contribution is -0.115. The second-order valence-electron chi connectivity index (χ2n) is 3.72. The Morgan fingerprint density at radius 2 is 1.89 bits per heavy atom. The van der Waals surface area contributed by atoms with E-state index in [0.717, 1.165) is 9.26 Å². The number of carbonyl (C=O) groups excluding carboxylic acids is 2. The summed E-state index contributed by atoms with van der Waals surface area (Å²) in [6.45, 7) is -0.0390. The van der Waals surface area contributed by atoms with Gasteiger partial charge in [0.05, 0.1) is 11.4 Å². The molecule has 98 valence electrons. The zero-order valence-electron chi connectivity index (χ0n) is 9.85. The Morgan fingerprint density at radius 1 is 1.16 bits per heavy atom. The van der Waals surface area contributed by atoms with Gasteiger partial charge in [0, 0.05) is 9.26 Å². The molecule has 0 aliphatic rings. The SMILES string of the molecule is O=C(CNC(=O)c1cccs1)Nc1ccc(I)cc1. The van der Waals surface area contributed by atoms with Gasteiger partial charge in [-0.1, -0.05) is 6.07 Å². The monoisotopic (exact) mass is 386 g/mol. The molecule has 2 aromatic rings. The van der Waals surface area contributed by atoms with Crippen LogP contribution in [0.2, 0.25) is 0 Å². The van der Waals surface area contributed by atoms with Gasteiger partial charge in [0.1, 0.15) is 0 Å². The molecular formula is C13H11IN2O2S. The summed E-state index contributed by atoms with van der Waals surface area (Å²) in [6, 6.07) is 11.0. The fourth-order valence-corrected chi connectivity index (χ4v) is 2.39. The van der Waals surface area contributed by atoms with Crippen LogP contribution in [0.25, 0.3) is 0 Å². The van der Waals surface area contributed by atoms with E-state index in [1.165, 1.54) is 11.3 Å². The molecule has 0 aliphatic carbocycles. The van der Waals surface area contributed by atoms with Crippen LogP contribution in [0, 0.1) is 3.57 Å². The van der Waals surface area contributed by atoms with Crippen molar-refractivity contribution in [1.29, 1.82) is 0 Å². The number of hydrogen-bond donors (Lipinski definition) is 2. The number of rotatable bonds is 4. The van der Waals surface area contributed by atoms with Gasteiger partial charge in [0.2, 0.25) is 5.91 Å². The molecule has 6 heteroatoms. The predicted octanol–water partition coefficient (Wildman–Crippen LogP) is 2.72. The third-order valence-corrected chi connectivity index (χ3v) is 3.87. The summed E-state index contributed by atoms with van der Waals surface area (Å²) < 4.78 is 1.10. The zero-order chi connectivity index (χ0) is 13.7. The van der Waals surface area contributed by atoms with Crippen LogP contribution in [-0.2, 0) is 4.79 Å². The maximum atomic E-state index is 11.6. The Kier molecular flexibility index (Phi) is 4.92. The van der Waals surface area contributed by atoms with Gasteiger partial charge in [0.25, 0.3) is 5.91 Å². The van der Waals surface area contributed by atoms with Gasteiger partial charge >= 0.3 is 0 Å². The van der Waals surface area contributed by atoms with Crippen molar-refractivity contribution in [3.63, 3.8) is 0 Å². The molecule has 0 saturated carbocycles. The van der Waals surface area contributed by atoms with E-state index in [2.05, 4.69) is 33.2 Å². The average molecular weight is 386 g/mol. The molecule has 1 aromatic carbocycles. The minimum Gasteiger partial charge on any atom is -0.342 e. The second-order valence-corrected chi connectivity index (χ2v) is 5.91. The van der Waals surface area contributed by atoms with Gasteiger partial charge in [-0.3, -0.25) is 9.59 Å². The van der Waals surface area contributed by atoms with Crippen LogP contribution in [0.15, 0.2) is 41.8 Å². The Hall–Kier alpha value is -1.41. The highest BCUT2D eigenvalue weighted by molar-refractivity contribution is 14.1. The lowest BCUT2D eigenvalue weighted by atomic mass is 10.3. The van der Waals surface area contributed by atoms with Crippen molar-refractivity contribution in [3.8, 4) is 0 Å². The number of hydrogen-bond acceptors (Lipinski definition) is 3. The summed E-state index contributed by atoms with van der Waals surface area (Å²) in [4.78, 5) is 23.9. The van der Waals surface area contributed by atoms with E-state index in [9.17, 15) is 9.59 Å². The number of anilines is 1. The molecule has 0 atom stereocenters. The summed E-state index contributed by atoms with van der Waals surface area (Å²) in [7, 11) is 0. The summed E-state index contributed by atoms with van der Waals surface area (Å²) >= 11 is 3.54. The van der Waals surface area contributed by atoms with E-state index in [1.807, 2.05) is 29.6 Å². The first-order valence-electron chi connectivity index (χ1n) is 5.52. The highest BCUT2D eigenvalue weighted by atomic mass is 127.